The van der Waals surface area contributed by atoms with Crippen molar-refractivity contribution < 1.29 is 23.2 Å². The first-order chi connectivity index (χ1) is 11.4. The molecule has 0 aliphatic carbocycles. The van der Waals surface area contributed by atoms with E-state index in [4.69, 9.17) is 0 Å². The van der Waals surface area contributed by atoms with E-state index in [2.05, 4.69) is 10.1 Å². The van der Waals surface area contributed by atoms with E-state index in [-0.39, 0.29) is 29.0 Å². The van der Waals surface area contributed by atoms with E-state index >= 15 is 0 Å². The molecule has 0 atom stereocenters. The van der Waals surface area contributed by atoms with E-state index in [0.717, 1.165) is 0 Å². The number of carbonyl (C=O) groups is 1. The second kappa shape index (κ2) is 7.49. The normalized spacial score (nSPS) is 10.5. The Morgan fingerprint density at radius 1 is 1.25 bits per heavy atom. The van der Waals surface area contributed by atoms with Crippen molar-refractivity contribution >= 4 is 17.3 Å². The Balaban J connectivity index is 2.20. The summed E-state index contributed by atoms with van der Waals surface area (Å²) in [6.07, 6.45) is -2.55. The number of anilines is 1. The van der Waals surface area contributed by atoms with E-state index in [1.165, 1.54) is 49.6 Å². The van der Waals surface area contributed by atoms with Crippen LogP contribution in [0.15, 0.2) is 42.5 Å². The predicted octanol–water partition coefficient (Wildman–Crippen LogP) is 3.93. The average molecular weight is 336 g/mol. The third-order valence-corrected chi connectivity index (χ3v) is 3.33. The molecule has 0 saturated heterocycles. The number of nitrogens with one attached hydrogen (secondary N) is 1. The van der Waals surface area contributed by atoms with Crippen molar-refractivity contribution in [2.75, 3.05) is 12.4 Å². The summed E-state index contributed by atoms with van der Waals surface area (Å²) in [6, 6.07) is 9.41. The number of nitro groups is 1. The monoisotopic (exact) mass is 336 g/mol. The van der Waals surface area contributed by atoms with Gasteiger partial charge < -0.3 is 10.1 Å². The number of carbonyl (C=O) groups excluding carboxylic acids is 1. The molecule has 6 nitrogen and oxygen atoms in total. The number of benzene rings is 2. The highest BCUT2D eigenvalue weighted by Crippen LogP contribution is 2.27. The fourth-order valence-corrected chi connectivity index (χ4v) is 2.06. The number of rotatable bonds is 6. The van der Waals surface area contributed by atoms with Crippen LogP contribution < -0.4 is 5.32 Å². The minimum absolute atomic E-state index is 0.0996. The lowest BCUT2D eigenvalue weighted by Crippen LogP contribution is -2.06. The lowest BCUT2D eigenvalue weighted by molar-refractivity contribution is -0.384. The van der Waals surface area contributed by atoms with E-state index in [1.807, 2.05) is 0 Å². The van der Waals surface area contributed by atoms with Gasteiger partial charge in [0, 0.05) is 18.2 Å². The SMILES string of the molecule is COC(=O)c1ccc([N+](=O)[O-])c(NCc2ccc(C(F)F)cc2)c1. The van der Waals surface area contributed by atoms with Gasteiger partial charge in [-0.05, 0) is 17.7 Å². The van der Waals surface area contributed by atoms with Gasteiger partial charge in [-0.15, -0.1) is 0 Å². The Morgan fingerprint density at radius 2 is 1.92 bits per heavy atom. The van der Waals surface area contributed by atoms with Crippen LogP contribution in [-0.2, 0) is 11.3 Å². The quantitative estimate of drug-likeness (QED) is 0.491. The van der Waals surface area contributed by atoms with Crippen LogP contribution in [0.4, 0.5) is 20.2 Å². The summed E-state index contributed by atoms with van der Waals surface area (Å²) in [7, 11) is 1.21. The Labute approximate surface area is 136 Å². The second-order valence-electron chi connectivity index (χ2n) is 4.88. The molecular formula is C16H14F2N2O4. The number of ether oxygens (including phenoxy) is 1. The highest BCUT2D eigenvalue weighted by molar-refractivity contribution is 5.91. The van der Waals surface area contributed by atoms with Crippen molar-refractivity contribution in [1.29, 1.82) is 0 Å². The summed E-state index contributed by atoms with van der Waals surface area (Å²) >= 11 is 0. The highest BCUT2D eigenvalue weighted by Gasteiger charge is 2.17. The maximum absolute atomic E-state index is 12.5. The number of alkyl halides is 2. The zero-order chi connectivity index (χ0) is 17.7. The molecule has 8 heteroatoms. The molecule has 0 unspecified atom stereocenters. The molecule has 2 rings (SSSR count). The van der Waals surface area contributed by atoms with Crippen LogP contribution in [0.25, 0.3) is 0 Å². The molecule has 0 amide bonds. The van der Waals surface area contributed by atoms with Gasteiger partial charge in [0.1, 0.15) is 5.69 Å². The molecule has 126 valence electrons. The fourth-order valence-electron chi connectivity index (χ4n) is 2.06. The predicted molar refractivity (Wildman–Crippen MR) is 83.2 cm³/mol. The van der Waals surface area contributed by atoms with Gasteiger partial charge in [-0.25, -0.2) is 13.6 Å². The van der Waals surface area contributed by atoms with Gasteiger partial charge in [-0.3, -0.25) is 10.1 Å². The standard InChI is InChI=1S/C16H14F2N2O4/c1-24-16(21)12-6-7-14(20(22)23)13(8-12)19-9-10-2-4-11(5-3-10)15(17)18/h2-8,15,19H,9H2,1H3. The lowest BCUT2D eigenvalue weighted by Gasteiger charge is -2.09. The molecule has 2 aromatic rings. The fraction of sp³-hybridized carbons (Fsp3) is 0.188. The maximum Gasteiger partial charge on any atom is 0.337 e. The first-order valence-corrected chi connectivity index (χ1v) is 6.90. The molecule has 0 radical (unpaired) electrons. The third kappa shape index (κ3) is 4.03. The number of nitro benzene ring substituents is 1. The lowest BCUT2D eigenvalue weighted by atomic mass is 10.1. The summed E-state index contributed by atoms with van der Waals surface area (Å²) in [4.78, 5) is 22.0. The Bertz CT molecular complexity index is 748. The van der Waals surface area contributed by atoms with Crippen molar-refractivity contribution in [3.05, 3.63) is 69.3 Å². The van der Waals surface area contributed by atoms with Crippen LogP contribution in [0.2, 0.25) is 0 Å². The number of esters is 1. The van der Waals surface area contributed by atoms with Crippen molar-refractivity contribution in [1.82, 2.24) is 0 Å². The molecule has 0 aliphatic rings. The smallest absolute Gasteiger partial charge is 0.337 e. The van der Waals surface area contributed by atoms with Crippen molar-refractivity contribution in [3.63, 3.8) is 0 Å². The maximum atomic E-state index is 12.5. The number of halogens is 2. The molecule has 0 fully saturated rings. The average Bonchev–Trinajstić information content (AvgIpc) is 2.59. The minimum atomic E-state index is -2.55. The van der Waals surface area contributed by atoms with Gasteiger partial charge in [0.25, 0.3) is 12.1 Å². The molecule has 2 aromatic carbocycles. The van der Waals surface area contributed by atoms with Gasteiger partial charge in [0.15, 0.2) is 0 Å². The minimum Gasteiger partial charge on any atom is -0.465 e. The molecule has 0 bridgehead atoms. The molecule has 0 heterocycles. The molecular weight excluding hydrogens is 322 g/mol. The molecule has 1 N–H and O–H groups in total. The number of nitrogens with zero attached hydrogens (tertiary/aromatic N) is 1. The van der Waals surface area contributed by atoms with Crippen LogP contribution in [0.5, 0.6) is 0 Å². The number of hydrogen-bond donors (Lipinski definition) is 1. The van der Waals surface area contributed by atoms with Crippen molar-refractivity contribution in [2.24, 2.45) is 0 Å². The topological polar surface area (TPSA) is 81.5 Å². The van der Waals surface area contributed by atoms with Crippen molar-refractivity contribution in [2.45, 2.75) is 13.0 Å². The Kier molecular flexibility index (Phi) is 5.41. The van der Waals surface area contributed by atoms with E-state index in [0.29, 0.717) is 5.56 Å². The molecule has 24 heavy (non-hydrogen) atoms. The Morgan fingerprint density at radius 3 is 2.46 bits per heavy atom. The van der Waals surface area contributed by atoms with Gasteiger partial charge in [0.2, 0.25) is 0 Å². The summed E-state index contributed by atoms with van der Waals surface area (Å²) in [5, 5.41) is 13.9. The summed E-state index contributed by atoms with van der Waals surface area (Å²) < 4.78 is 29.6. The first kappa shape index (κ1) is 17.3. The van der Waals surface area contributed by atoms with Crippen LogP contribution in [0, 0.1) is 10.1 Å². The first-order valence-electron chi connectivity index (χ1n) is 6.90. The van der Waals surface area contributed by atoms with Crippen LogP contribution in [-0.4, -0.2) is 18.0 Å². The van der Waals surface area contributed by atoms with E-state index < -0.39 is 17.3 Å². The zero-order valence-electron chi connectivity index (χ0n) is 12.7. The molecule has 0 aromatic heterocycles. The summed E-state index contributed by atoms with van der Waals surface area (Å²) in [6.45, 7) is 0.176. The van der Waals surface area contributed by atoms with Crippen LogP contribution >= 0.6 is 0 Å². The van der Waals surface area contributed by atoms with Crippen LogP contribution in [0.3, 0.4) is 0 Å². The molecule has 0 spiro atoms. The van der Waals surface area contributed by atoms with Gasteiger partial charge >= 0.3 is 5.97 Å². The molecule has 0 saturated carbocycles. The third-order valence-electron chi connectivity index (χ3n) is 3.33. The van der Waals surface area contributed by atoms with E-state index in [1.54, 1.807) is 0 Å². The number of methoxy groups -OCH3 is 1. The largest absolute Gasteiger partial charge is 0.465 e. The van der Waals surface area contributed by atoms with Gasteiger partial charge in [-0.2, -0.15) is 0 Å². The van der Waals surface area contributed by atoms with Gasteiger partial charge in [0.05, 0.1) is 17.6 Å². The van der Waals surface area contributed by atoms with Crippen LogP contribution in [0.1, 0.15) is 27.9 Å². The Hall–Kier alpha value is -3.03. The number of hydrogen-bond acceptors (Lipinski definition) is 5. The van der Waals surface area contributed by atoms with Gasteiger partial charge in [-0.1, -0.05) is 24.3 Å². The summed E-state index contributed by atoms with van der Waals surface area (Å²) in [5.74, 6) is -0.616. The van der Waals surface area contributed by atoms with Crippen molar-refractivity contribution in [3.8, 4) is 0 Å². The zero-order valence-corrected chi connectivity index (χ0v) is 12.7. The highest BCUT2D eigenvalue weighted by atomic mass is 19.3. The molecule has 0 aliphatic heterocycles. The summed E-state index contributed by atoms with van der Waals surface area (Å²) in [5.41, 5.74) is 0.668. The second-order valence-corrected chi connectivity index (χ2v) is 4.88. The van der Waals surface area contributed by atoms with E-state index in [9.17, 15) is 23.7 Å².